The lowest BCUT2D eigenvalue weighted by molar-refractivity contribution is -0.168. The molecular weight excluding hydrogens is 300 g/mol. The third kappa shape index (κ3) is 3.71. The number of carbonyl (C=O) groups is 1. The van der Waals surface area contributed by atoms with Crippen LogP contribution in [0, 0.1) is 22.7 Å². The summed E-state index contributed by atoms with van der Waals surface area (Å²) in [6, 6.07) is 0. The van der Waals surface area contributed by atoms with Gasteiger partial charge in [-0.3, -0.25) is 0 Å². The summed E-state index contributed by atoms with van der Waals surface area (Å²) in [6.07, 6.45) is 9.15. The molecule has 0 radical (unpaired) electrons. The molecule has 0 aliphatic heterocycles. The largest absolute Gasteiger partial charge is 0.466 e. The number of fused-ring (bicyclic) bond motifs is 1. The van der Waals surface area contributed by atoms with Gasteiger partial charge in [0.05, 0.1) is 12.7 Å². The molecule has 2 aliphatic carbocycles. The Morgan fingerprint density at radius 1 is 1.21 bits per heavy atom. The van der Waals surface area contributed by atoms with Crippen molar-refractivity contribution < 1.29 is 14.6 Å². The highest BCUT2D eigenvalue weighted by atomic mass is 16.5. The molecule has 2 saturated carbocycles. The van der Waals surface area contributed by atoms with E-state index in [1.165, 1.54) is 26.4 Å². The van der Waals surface area contributed by atoms with Gasteiger partial charge < -0.3 is 9.84 Å². The normalized spacial score (nSPS) is 39.2. The Labute approximate surface area is 147 Å². The number of hydrogen-bond acceptors (Lipinski definition) is 3. The van der Waals surface area contributed by atoms with E-state index in [9.17, 15) is 9.90 Å². The van der Waals surface area contributed by atoms with Gasteiger partial charge in [0.2, 0.25) is 0 Å². The average molecular weight is 337 g/mol. The van der Waals surface area contributed by atoms with Gasteiger partial charge in [-0.1, -0.05) is 32.8 Å². The zero-order valence-corrected chi connectivity index (χ0v) is 16.4. The molecule has 2 aliphatic rings. The zero-order valence-electron chi connectivity index (χ0n) is 16.4. The molecule has 4 atom stereocenters. The van der Waals surface area contributed by atoms with Crippen LogP contribution in [0.25, 0.3) is 0 Å². The minimum atomic E-state index is -0.607. The lowest BCUT2D eigenvalue weighted by atomic mass is 9.45. The van der Waals surface area contributed by atoms with Crippen LogP contribution in [-0.2, 0) is 9.53 Å². The van der Waals surface area contributed by atoms with Gasteiger partial charge in [-0.2, -0.15) is 0 Å². The average Bonchev–Trinajstić information content (AvgIpc) is 2.44. The molecule has 0 heterocycles. The first-order chi connectivity index (χ1) is 11.0. The highest BCUT2D eigenvalue weighted by Gasteiger charge is 2.57. The van der Waals surface area contributed by atoms with Crippen LogP contribution in [0.1, 0.15) is 79.6 Å². The molecule has 0 aromatic rings. The number of carbonyl (C=O) groups excluding carboxylic acids is 1. The van der Waals surface area contributed by atoms with Gasteiger partial charge in [-0.25, -0.2) is 4.79 Å². The first-order valence-electron chi connectivity index (χ1n) is 9.50. The predicted octanol–water partition coefficient (Wildman–Crippen LogP) is 4.88. The Morgan fingerprint density at radius 2 is 1.88 bits per heavy atom. The number of allylic oxidation sites excluding steroid dienone is 1. The van der Waals surface area contributed by atoms with Gasteiger partial charge in [0, 0.05) is 6.08 Å². The van der Waals surface area contributed by atoms with Crippen LogP contribution in [0.15, 0.2) is 11.6 Å². The predicted molar refractivity (Wildman–Crippen MR) is 97.6 cm³/mol. The number of esters is 1. The second kappa shape index (κ2) is 6.82. The fourth-order valence-electron chi connectivity index (χ4n) is 5.97. The molecule has 0 unspecified atom stereocenters. The van der Waals surface area contributed by atoms with Crippen molar-refractivity contribution in [3.63, 3.8) is 0 Å². The van der Waals surface area contributed by atoms with Crippen LogP contribution in [-0.4, -0.2) is 23.8 Å². The van der Waals surface area contributed by atoms with E-state index in [4.69, 9.17) is 4.74 Å². The summed E-state index contributed by atoms with van der Waals surface area (Å²) in [5, 5.41) is 11.1. The maximum atomic E-state index is 11.4. The van der Waals surface area contributed by atoms with Gasteiger partial charge in [-0.15, -0.1) is 0 Å². The standard InChI is InChI=1S/C21H36O3/c1-15(14-18(22)24-6)8-9-17-20(4)12-7-11-19(2,3)16(20)10-13-21(17,5)23/h14,16-17,23H,7-13H2,1-6H3/b15-14+/t16-,17+,20-,21+/m1/s1. The first-order valence-corrected chi connectivity index (χ1v) is 9.50. The highest BCUT2D eigenvalue weighted by Crippen LogP contribution is 2.62. The molecule has 0 amide bonds. The molecule has 3 nitrogen and oxygen atoms in total. The highest BCUT2D eigenvalue weighted by molar-refractivity contribution is 5.82. The molecule has 138 valence electrons. The van der Waals surface area contributed by atoms with Crippen molar-refractivity contribution >= 4 is 5.97 Å². The minimum absolute atomic E-state index is 0.190. The molecule has 0 spiro atoms. The maximum Gasteiger partial charge on any atom is 0.330 e. The smallest absolute Gasteiger partial charge is 0.330 e. The van der Waals surface area contributed by atoms with Crippen molar-refractivity contribution in [3.05, 3.63) is 11.6 Å². The third-order valence-electron chi connectivity index (χ3n) is 7.15. The Bertz CT molecular complexity index is 503. The molecule has 2 rings (SSSR count). The number of hydrogen-bond donors (Lipinski definition) is 1. The molecule has 0 saturated heterocycles. The zero-order chi connectivity index (χ0) is 18.2. The molecular formula is C21H36O3. The van der Waals surface area contributed by atoms with E-state index in [0.29, 0.717) is 11.3 Å². The van der Waals surface area contributed by atoms with Crippen molar-refractivity contribution in [2.45, 2.75) is 85.2 Å². The van der Waals surface area contributed by atoms with E-state index in [2.05, 4.69) is 20.8 Å². The Balaban J connectivity index is 2.21. The Morgan fingerprint density at radius 3 is 2.50 bits per heavy atom. The fourth-order valence-corrected chi connectivity index (χ4v) is 5.97. The van der Waals surface area contributed by atoms with E-state index >= 15 is 0 Å². The number of ether oxygens (including phenoxy) is 1. The summed E-state index contributed by atoms with van der Waals surface area (Å²) in [5.41, 5.74) is 0.983. The van der Waals surface area contributed by atoms with E-state index in [0.717, 1.165) is 31.3 Å². The number of methoxy groups -OCH3 is 1. The van der Waals surface area contributed by atoms with Crippen LogP contribution in [0.4, 0.5) is 0 Å². The van der Waals surface area contributed by atoms with Crippen molar-refractivity contribution in [2.24, 2.45) is 22.7 Å². The van der Waals surface area contributed by atoms with Crippen LogP contribution in [0.2, 0.25) is 0 Å². The van der Waals surface area contributed by atoms with Crippen molar-refractivity contribution in [2.75, 3.05) is 7.11 Å². The number of aliphatic hydroxyl groups is 1. The van der Waals surface area contributed by atoms with Gasteiger partial charge in [0.1, 0.15) is 0 Å². The Kier molecular flexibility index (Phi) is 5.54. The third-order valence-corrected chi connectivity index (χ3v) is 7.15. The summed E-state index contributed by atoms with van der Waals surface area (Å²) in [6.45, 7) is 11.2. The lowest BCUT2D eigenvalue weighted by Gasteiger charge is -2.61. The Hall–Kier alpha value is -0.830. The second-order valence-corrected chi connectivity index (χ2v) is 9.40. The van der Waals surface area contributed by atoms with Crippen molar-refractivity contribution in [1.82, 2.24) is 0 Å². The maximum absolute atomic E-state index is 11.4. The minimum Gasteiger partial charge on any atom is -0.466 e. The summed E-state index contributed by atoms with van der Waals surface area (Å²) >= 11 is 0. The summed E-state index contributed by atoms with van der Waals surface area (Å²) in [5.74, 6) is 0.670. The SMILES string of the molecule is COC(=O)/C=C(\C)CC[C@H]1[C@]2(C)CCCC(C)(C)[C@H]2CC[C@]1(C)O. The van der Waals surface area contributed by atoms with Gasteiger partial charge in [0.15, 0.2) is 0 Å². The summed E-state index contributed by atoms with van der Waals surface area (Å²) in [7, 11) is 1.41. The van der Waals surface area contributed by atoms with Gasteiger partial charge >= 0.3 is 5.97 Å². The van der Waals surface area contributed by atoms with Crippen LogP contribution in [0.3, 0.4) is 0 Å². The number of rotatable bonds is 4. The van der Waals surface area contributed by atoms with Crippen molar-refractivity contribution in [1.29, 1.82) is 0 Å². The van der Waals surface area contributed by atoms with Crippen LogP contribution >= 0.6 is 0 Å². The van der Waals surface area contributed by atoms with E-state index in [1.807, 2.05) is 13.8 Å². The summed E-state index contributed by atoms with van der Waals surface area (Å²) in [4.78, 5) is 11.4. The molecule has 1 N–H and O–H groups in total. The van der Waals surface area contributed by atoms with Crippen LogP contribution < -0.4 is 0 Å². The molecule has 0 aromatic carbocycles. The molecule has 0 aromatic heterocycles. The van der Waals surface area contributed by atoms with Gasteiger partial charge in [-0.05, 0) is 75.0 Å². The monoisotopic (exact) mass is 336 g/mol. The topological polar surface area (TPSA) is 46.5 Å². The van der Waals surface area contributed by atoms with E-state index in [-0.39, 0.29) is 17.3 Å². The first kappa shape index (κ1) is 19.5. The van der Waals surface area contributed by atoms with E-state index < -0.39 is 5.60 Å². The molecule has 0 bridgehead atoms. The van der Waals surface area contributed by atoms with Crippen molar-refractivity contribution in [3.8, 4) is 0 Å². The lowest BCUT2D eigenvalue weighted by Crippen LogP contribution is -2.57. The quantitative estimate of drug-likeness (QED) is 0.588. The molecule has 24 heavy (non-hydrogen) atoms. The second-order valence-electron chi connectivity index (χ2n) is 9.40. The van der Waals surface area contributed by atoms with Gasteiger partial charge in [0.25, 0.3) is 0 Å². The summed E-state index contributed by atoms with van der Waals surface area (Å²) < 4.78 is 4.72. The molecule has 2 fully saturated rings. The fraction of sp³-hybridized carbons (Fsp3) is 0.857. The van der Waals surface area contributed by atoms with E-state index in [1.54, 1.807) is 6.08 Å². The van der Waals surface area contributed by atoms with Crippen LogP contribution in [0.5, 0.6) is 0 Å². The molecule has 3 heteroatoms.